The number of hydrogen-bond donors (Lipinski definition) is 2. The molecule has 0 aliphatic carbocycles. The van der Waals surface area contributed by atoms with Crippen molar-refractivity contribution >= 4 is 41.0 Å². The first-order chi connectivity index (χ1) is 16.1. The fourth-order valence-corrected chi connectivity index (χ4v) is 4.29. The van der Waals surface area contributed by atoms with Crippen LogP contribution in [-0.4, -0.2) is 35.6 Å². The maximum atomic E-state index is 13.2. The van der Waals surface area contributed by atoms with E-state index in [0.29, 0.717) is 6.42 Å². The van der Waals surface area contributed by atoms with E-state index < -0.39 is 13.0 Å². The average Bonchev–Trinajstić information content (AvgIpc) is 2.85. The highest BCUT2D eigenvalue weighted by molar-refractivity contribution is 6.71. The first kappa shape index (κ1) is 21.1. The van der Waals surface area contributed by atoms with E-state index in [1.54, 1.807) is 17.3 Å². The van der Waals surface area contributed by atoms with Crippen molar-refractivity contribution in [3.05, 3.63) is 102 Å². The van der Waals surface area contributed by atoms with Gasteiger partial charge < -0.3 is 10.8 Å². The Kier molecular flexibility index (Phi) is 5.73. The highest BCUT2D eigenvalue weighted by Gasteiger charge is 2.31. The molecule has 0 bridgehead atoms. The summed E-state index contributed by atoms with van der Waals surface area (Å²) in [6.07, 6.45) is 5.58. The first-order valence-electron chi connectivity index (χ1n) is 10.9. The number of pyridine rings is 1. The minimum Gasteiger partial charge on any atom is -0.427 e. The Morgan fingerprint density at radius 2 is 1.88 bits per heavy atom. The maximum Gasteiger partial charge on any atom is 0.471 e. The molecule has 1 atom stereocenters. The van der Waals surface area contributed by atoms with E-state index in [2.05, 4.69) is 10.1 Å². The molecule has 3 N–H and O–H groups in total. The number of rotatable bonds is 6. The Balaban J connectivity index is 1.38. The normalized spacial score (nSPS) is 13.8. The lowest BCUT2D eigenvalue weighted by molar-refractivity contribution is -0.119. The molecule has 0 unspecified atom stereocenters. The van der Waals surface area contributed by atoms with Crippen molar-refractivity contribution < 1.29 is 9.82 Å². The summed E-state index contributed by atoms with van der Waals surface area (Å²) in [6, 6.07) is 23.1. The number of para-hydroxylation sites is 1. The van der Waals surface area contributed by atoms with Crippen molar-refractivity contribution in [2.45, 2.75) is 12.3 Å². The standard InChI is InChI=1S/C26H23BN4O2/c28-15-24(26(32)13-18-6-7-21-16-29-11-10-19(21)12-18)20-8-9-25-22(14-20)17-30-31(27(25)33)23-4-2-1-3-5-23/h1-12,14,16-17,24,33H,13,15,28H2/t24-/m1/s1. The molecule has 0 saturated carbocycles. The van der Waals surface area contributed by atoms with Gasteiger partial charge in [-0.2, -0.15) is 5.10 Å². The second-order valence-corrected chi connectivity index (χ2v) is 8.18. The van der Waals surface area contributed by atoms with Gasteiger partial charge in [0.25, 0.3) is 0 Å². The van der Waals surface area contributed by atoms with E-state index in [0.717, 1.165) is 38.6 Å². The Bertz CT molecular complexity index is 1340. The molecule has 5 rings (SSSR count). The smallest absolute Gasteiger partial charge is 0.427 e. The van der Waals surface area contributed by atoms with E-state index in [4.69, 9.17) is 5.73 Å². The average molecular weight is 434 g/mol. The monoisotopic (exact) mass is 434 g/mol. The van der Waals surface area contributed by atoms with Gasteiger partial charge in [-0.3, -0.25) is 14.7 Å². The molecule has 0 radical (unpaired) electrons. The van der Waals surface area contributed by atoms with Crippen molar-refractivity contribution in [2.24, 2.45) is 10.8 Å². The number of ketones is 1. The number of hydrogen-bond acceptors (Lipinski definition) is 6. The lowest BCUT2D eigenvalue weighted by Crippen LogP contribution is -2.50. The number of carbonyl (C=O) groups excluding carboxylic acids is 1. The molecule has 0 fully saturated rings. The summed E-state index contributed by atoms with van der Waals surface area (Å²) in [5.74, 6) is -0.369. The van der Waals surface area contributed by atoms with Gasteiger partial charge in [-0.1, -0.05) is 48.5 Å². The van der Waals surface area contributed by atoms with Gasteiger partial charge in [-0.05, 0) is 51.8 Å². The fourth-order valence-electron chi connectivity index (χ4n) is 4.29. The molecule has 0 amide bonds. The third-order valence-electron chi connectivity index (χ3n) is 6.07. The Hall–Kier alpha value is -3.81. The molecule has 33 heavy (non-hydrogen) atoms. The van der Waals surface area contributed by atoms with E-state index in [-0.39, 0.29) is 12.3 Å². The second-order valence-electron chi connectivity index (χ2n) is 8.18. The Morgan fingerprint density at radius 3 is 2.70 bits per heavy atom. The topological polar surface area (TPSA) is 91.8 Å². The molecule has 4 aromatic rings. The molecule has 162 valence electrons. The summed E-state index contributed by atoms with van der Waals surface area (Å²) in [5, 5.41) is 17.4. The molecule has 2 heterocycles. The number of Topliss-reactive ketones (excluding diaryl/α,β-unsaturated/α-hetero) is 1. The van der Waals surface area contributed by atoms with Gasteiger partial charge >= 0.3 is 7.05 Å². The zero-order valence-electron chi connectivity index (χ0n) is 18.0. The summed E-state index contributed by atoms with van der Waals surface area (Å²) in [6.45, 7) is 0.213. The van der Waals surface area contributed by atoms with Gasteiger partial charge in [0.1, 0.15) is 5.78 Å². The number of carbonyl (C=O) groups is 1. The lowest BCUT2D eigenvalue weighted by atomic mass is 9.68. The van der Waals surface area contributed by atoms with E-state index >= 15 is 0 Å². The summed E-state index contributed by atoms with van der Waals surface area (Å²) < 4.78 is 0. The van der Waals surface area contributed by atoms with Crippen molar-refractivity contribution in [3.8, 4) is 0 Å². The van der Waals surface area contributed by atoms with Crippen molar-refractivity contribution in [3.63, 3.8) is 0 Å². The van der Waals surface area contributed by atoms with Gasteiger partial charge in [0.2, 0.25) is 0 Å². The van der Waals surface area contributed by atoms with Gasteiger partial charge in [-0.15, -0.1) is 0 Å². The maximum absolute atomic E-state index is 13.2. The van der Waals surface area contributed by atoms with Crippen LogP contribution in [0.3, 0.4) is 0 Å². The summed E-state index contributed by atoms with van der Waals surface area (Å²) in [7, 11) is -0.902. The lowest BCUT2D eigenvalue weighted by Gasteiger charge is -2.27. The van der Waals surface area contributed by atoms with Gasteiger partial charge in [0.15, 0.2) is 0 Å². The minimum atomic E-state index is -0.902. The van der Waals surface area contributed by atoms with Crippen LogP contribution in [0.15, 0.2) is 90.3 Å². The number of hydrazone groups is 1. The van der Waals surface area contributed by atoms with Gasteiger partial charge in [0.05, 0.1) is 12.1 Å². The highest BCUT2D eigenvalue weighted by atomic mass is 16.2. The summed E-state index contributed by atoms with van der Waals surface area (Å²) in [4.78, 5) is 18.9. The molecule has 1 aliphatic heterocycles. The van der Waals surface area contributed by atoms with Crippen LogP contribution in [0.1, 0.15) is 22.6 Å². The Morgan fingerprint density at radius 1 is 1.03 bits per heavy atom. The van der Waals surface area contributed by atoms with Crippen LogP contribution in [0, 0.1) is 0 Å². The molecule has 6 nitrogen and oxygen atoms in total. The molecule has 0 saturated heterocycles. The van der Waals surface area contributed by atoms with Crippen LogP contribution in [0.2, 0.25) is 0 Å². The minimum absolute atomic E-state index is 0.0602. The van der Waals surface area contributed by atoms with Crippen molar-refractivity contribution in [1.82, 2.24) is 4.98 Å². The quantitative estimate of drug-likeness (QED) is 0.456. The molecule has 7 heteroatoms. The number of nitrogens with two attached hydrogens (primary N) is 1. The van der Waals surface area contributed by atoms with Crippen LogP contribution in [0.25, 0.3) is 10.8 Å². The van der Waals surface area contributed by atoms with Crippen molar-refractivity contribution in [2.75, 3.05) is 11.5 Å². The Labute approximate surface area is 192 Å². The zero-order chi connectivity index (χ0) is 22.8. The van der Waals surface area contributed by atoms with E-state index in [9.17, 15) is 9.82 Å². The number of fused-ring (bicyclic) bond motifs is 2. The molecular formula is C26H23BN4O2. The number of benzene rings is 3. The first-order valence-corrected chi connectivity index (χ1v) is 10.9. The number of anilines is 1. The molecule has 3 aromatic carbocycles. The van der Waals surface area contributed by atoms with Crippen LogP contribution in [-0.2, 0) is 11.2 Å². The van der Waals surface area contributed by atoms with Gasteiger partial charge in [-0.25, -0.2) is 0 Å². The van der Waals surface area contributed by atoms with Crippen LogP contribution >= 0.6 is 0 Å². The van der Waals surface area contributed by atoms with Crippen molar-refractivity contribution in [1.29, 1.82) is 0 Å². The predicted octanol–water partition coefficient (Wildman–Crippen LogP) is 2.63. The highest BCUT2D eigenvalue weighted by Crippen LogP contribution is 2.23. The van der Waals surface area contributed by atoms with E-state index in [1.165, 1.54) is 0 Å². The largest absolute Gasteiger partial charge is 0.471 e. The molecule has 1 aliphatic rings. The summed E-state index contributed by atoms with van der Waals surface area (Å²) in [5.41, 5.74) is 10.1. The second kappa shape index (κ2) is 8.98. The summed E-state index contributed by atoms with van der Waals surface area (Å²) >= 11 is 0. The third-order valence-corrected chi connectivity index (χ3v) is 6.07. The van der Waals surface area contributed by atoms with Crippen LogP contribution < -0.4 is 16.1 Å². The van der Waals surface area contributed by atoms with Crippen LogP contribution in [0.5, 0.6) is 0 Å². The SMILES string of the molecule is NC[C@@H](C(=O)Cc1ccc2cnccc2c1)c1ccc2c(c1)C=NN(c1ccccc1)B2O. The number of nitrogens with zero attached hydrogens (tertiary/aromatic N) is 3. The zero-order valence-corrected chi connectivity index (χ0v) is 18.0. The molecule has 1 aromatic heterocycles. The molecule has 0 spiro atoms. The van der Waals surface area contributed by atoms with Crippen LogP contribution in [0.4, 0.5) is 5.69 Å². The molecular weight excluding hydrogens is 411 g/mol. The number of aromatic nitrogens is 1. The van der Waals surface area contributed by atoms with Gasteiger partial charge in [0, 0.05) is 36.4 Å². The third kappa shape index (κ3) is 4.16. The predicted molar refractivity (Wildman–Crippen MR) is 133 cm³/mol. The fraction of sp³-hybridized carbons (Fsp3) is 0.115. The van der Waals surface area contributed by atoms with E-state index in [1.807, 2.05) is 79.0 Å².